The summed E-state index contributed by atoms with van der Waals surface area (Å²) in [5.74, 6) is 0.797. The van der Waals surface area contributed by atoms with E-state index in [1.54, 1.807) is 36.5 Å². The number of aromatic nitrogens is 3. The van der Waals surface area contributed by atoms with Crippen LogP contribution >= 0.6 is 24.8 Å². The van der Waals surface area contributed by atoms with Gasteiger partial charge in [-0.15, -0.1) is 24.8 Å². The molecule has 1 aromatic carbocycles. The van der Waals surface area contributed by atoms with Crippen molar-refractivity contribution < 1.29 is 8.42 Å². The molecule has 1 aliphatic rings. The number of nitrogens with one attached hydrogen (secondary N) is 1. The quantitative estimate of drug-likeness (QED) is 0.687. The molecule has 4 rings (SSSR count). The van der Waals surface area contributed by atoms with Gasteiger partial charge in [0.05, 0.1) is 10.3 Å². The summed E-state index contributed by atoms with van der Waals surface area (Å²) in [5, 5.41) is 4.11. The summed E-state index contributed by atoms with van der Waals surface area (Å²) in [6.07, 6.45) is 3.07. The average Bonchev–Trinajstić information content (AvgIpc) is 3.01. The number of benzene rings is 1. The van der Waals surface area contributed by atoms with Gasteiger partial charge in [0.1, 0.15) is 12.1 Å². The van der Waals surface area contributed by atoms with Gasteiger partial charge in [0.15, 0.2) is 5.65 Å². The second-order valence-corrected chi connectivity index (χ2v) is 7.87. The highest BCUT2D eigenvalue weighted by Crippen LogP contribution is 2.30. The number of halogens is 2. The molecule has 1 saturated heterocycles. The molecule has 0 spiro atoms. The van der Waals surface area contributed by atoms with E-state index in [0.29, 0.717) is 5.65 Å². The Bertz CT molecular complexity index is 1020. The molecule has 1 aliphatic heterocycles. The predicted molar refractivity (Wildman–Crippen MR) is 111 cm³/mol. The first-order chi connectivity index (χ1) is 12.1. The fourth-order valence-corrected chi connectivity index (χ4v) is 4.59. The van der Waals surface area contributed by atoms with E-state index in [-0.39, 0.29) is 29.7 Å². The van der Waals surface area contributed by atoms with Gasteiger partial charge < -0.3 is 10.2 Å². The van der Waals surface area contributed by atoms with E-state index in [2.05, 4.69) is 20.2 Å². The van der Waals surface area contributed by atoms with Gasteiger partial charge in [-0.25, -0.2) is 22.4 Å². The number of hydrogen-bond acceptors (Lipinski definition) is 6. The number of rotatable bonds is 3. The van der Waals surface area contributed by atoms with Gasteiger partial charge in [0.2, 0.25) is 0 Å². The summed E-state index contributed by atoms with van der Waals surface area (Å²) < 4.78 is 27.3. The van der Waals surface area contributed by atoms with Crippen molar-refractivity contribution in [1.29, 1.82) is 0 Å². The zero-order chi connectivity index (χ0) is 17.4. The Morgan fingerprint density at radius 1 is 1.04 bits per heavy atom. The summed E-state index contributed by atoms with van der Waals surface area (Å²) >= 11 is 0. The molecular formula is C17H21Cl2N5O2S. The van der Waals surface area contributed by atoms with E-state index in [9.17, 15) is 8.42 Å². The Labute approximate surface area is 170 Å². The number of hydrogen-bond donors (Lipinski definition) is 1. The molecule has 0 bridgehead atoms. The van der Waals surface area contributed by atoms with Crippen LogP contribution < -0.4 is 10.2 Å². The van der Waals surface area contributed by atoms with Gasteiger partial charge in [-0.05, 0) is 24.6 Å². The summed E-state index contributed by atoms with van der Waals surface area (Å²) in [7, 11) is -3.70. The van der Waals surface area contributed by atoms with E-state index in [1.807, 2.05) is 6.92 Å². The van der Waals surface area contributed by atoms with E-state index in [4.69, 9.17) is 0 Å². The molecule has 0 aliphatic carbocycles. The lowest BCUT2D eigenvalue weighted by atomic mass is 10.2. The Morgan fingerprint density at radius 2 is 1.70 bits per heavy atom. The highest BCUT2D eigenvalue weighted by molar-refractivity contribution is 7.90. The minimum atomic E-state index is -3.70. The monoisotopic (exact) mass is 429 g/mol. The van der Waals surface area contributed by atoms with Gasteiger partial charge in [-0.2, -0.15) is 0 Å². The lowest BCUT2D eigenvalue weighted by Gasteiger charge is -2.28. The van der Waals surface area contributed by atoms with Gasteiger partial charge in [0.25, 0.3) is 10.0 Å². The van der Waals surface area contributed by atoms with Crippen molar-refractivity contribution in [1.82, 2.24) is 19.3 Å². The molecule has 0 saturated carbocycles. The maximum atomic E-state index is 13.0. The van der Waals surface area contributed by atoms with E-state index >= 15 is 0 Å². The maximum Gasteiger partial charge on any atom is 0.269 e. The van der Waals surface area contributed by atoms with Crippen molar-refractivity contribution >= 4 is 51.7 Å². The fraction of sp³-hybridized carbons (Fsp3) is 0.294. The summed E-state index contributed by atoms with van der Waals surface area (Å²) in [6, 6.07) is 8.41. The van der Waals surface area contributed by atoms with Crippen LogP contribution in [0.1, 0.15) is 5.56 Å². The molecule has 27 heavy (non-hydrogen) atoms. The third-order valence-corrected chi connectivity index (χ3v) is 6.10. The predicted octanol–water partition coefficient (Wildman–Crippen LogP) is 2.23. The van der Waals surface area contributed by atoms with Crippen LogP contribution in [0.3, 0.4) is 0 Å². The molecule has 0 unspecified atom stereocenters. The summed E-state index contributed by atoms with van der Waals surface area (Å²) in [6.45, 7) is 5.33. The topological polar surface area (TPSA) is 80.1 Å². The Kier molecular flexibility index (Phi) is 6.69. The molecule has 146 valence electrons. The fourth-order valence-electron chi connectivity index (χ4n) is 3.19. The first-order valence-corrected chi connectivity index (χ1v) is 9.62. The standard InChI is InChI=1S/C17H19N5O2S.2ClH/c1-13-11-22(25(23,24)14-5-3-2-4-6-14)17-15(13)16(19-12-20-17)21-9-7-18-8-10-21;;/h2-6,11-12,18H,7-10H2,1H3;2*1H. The Hall–Kier alpha value is -1.87. The summed E-state index contributed by atoms with van der Waals surface area (Å²) in [5.41, 5.74) is 1.27. The first-order valence-electron chi connectivity index (χ1n) is 8.18. The summed E-state index contributed by atoms with van der Waals surface area (Å²) in [4.78, 5) is 11.1. The Balaban J connectivity index is 0.00000131. The number of nitrogens with zero attached hydrogens (tertiary/aromatic N) is 4. The highest BCUT2D eigenvalue weighted by Gasteiger charge is 2.24. The average molecular weight is 430 g/mol. The largest absolute Gasteiger partial charge is 0.353 e. The lowest BCUT2D eigenvalue weighted by Crippen LogP contribution is -2.44. The molecule has 1 N–H and O–H groups in total. The molecule has 10 heteroatoms. The van der Waals surface area contributed by atoms with E-state index < -0.39 is 10.0 Å². The van der Waals surface area contributed by atoms with Crippen molar-refractivity contribution in [3.8, 4) is 0 Å². The van der Waals surface area contributed by atoms with Crippen molar-refractivity contribution in [2.45, 2.75) is 11.8 Å². The molecule has 3 aromatic rings. The van der Waals surface area contributed by atoms with Crippen LogP contribution in [-0.4, -0.2) is 48.5 Å². The van der Waals surface area contributed by atoms with Crippen LogP contribution in [0.15, 0.2) is 47.8 Å². The van der Waals surface area contributed by atoms with Crippen molar-refractivity contribution in [3.05, 3.63) is 48.4 Å². The molecule has 7 nitrogen and oxygen atoms in total. The molecule has 0 amide bonds. The minimum absolute atomic E-state index is 0. The molecule has 0 radical (unpaired) electrons. The SMILES string of the molecule is Cc1cn(S(=O)(=O)c2ccccc2)c2ncnc(N3CCNCC3)c12.Cl.Cl. The number of anilines is 1. The molecule has 2 aromatic heterocycles. The third kappa shape index (κ3) is 3.75. The van der Waals surface area contributed by atoms with Gasteiger partial charge in [-0.1, -0.05) is 18.2 Å². The van der Waals surface area contributed by atoms with Gasteiger partial charge in [0, 0.05) is 32.4 Å². The molecule has 1 fully saturated rings. The highest BCUT2D eigenvalue weighted by atomic mass is 35.5. The minimum Gasteiger partial charge on any atom is -0.353 e. The van der Waals surface area contributed by atoms with Crippen molar-refractivity contribution in [2.75, 3.05) is 31.1 Å². The lowest BCUT2D eigenvalue weighted by molar-refractivity contribution is 0.585. The third-order valence-electron chi connectivity index (χ3n) is 4.44. The molecule has 0 atom stereocenters. The molecular weight excluding hydrogens is 409 g/mol. The maximum absolute atomic E-state index is 13.0. The second kappa shape index (κ2) is 8.43. The normalized spacial score (nSPS) is 14.5. The smallest absolute Gasteiger partial charge is 0.269 e. The van der Waals surface area contributed by atoms with Crippen LogP contribution in [0.25, 0.3) is 11.0 Å². The van der Waals surface area contributed by atoms with E-state index in [1.165, 1.54) is 10.3 Å². The van der Waals surface area contributed by atoms with Crippen molar-refractivity contribution in [3.63, 3.8) is 0 Å². The number of piperazine rings is 1. The second-order valence-electron chi connectivity index (χ2n) is 6.06. The number of aryl methyl sites for hydroxylation is 1. The zero-order valence-corrected chi connectivity index (χ0v) is 17.1. The van der Waals surface area contributed by atoms with Gasteiger partial charge in [-0.3, -0.25) is 0 Å². The zero-order valence-electron chi connectivity index (χ0n) is 14.7. The van der Waals surface area contributed by atoms with Crippen LogP contribution in [0.2, 0.25) is 0 Å². The van der Waals surface area contributed by atoms with Crippen LogP contribution in [0, 0.1) is 6.92 Å². The first kappa shape index (κ1) is 21.4. The van der Waals surface area contributed by atoms with Gasteiger partial charge >= 0.3 is 0 Å². The Morgan fingerprint density at radius 3 is 2.37 bits per heavy atom. The van der Waals surface area contributed by atoms with Crippen molar-refractivity contribution in [2.24, 2.45) is 0 Å². The molecule has 3 heterocycles. The van der Waals surface area contributed by atoms with Crippen LogP contribution in [0.5, 0.6) is 0 Å². The van der Waals surface area contributed by atoms with E-state index in [0.717, 1.165) is 42.9 Å². The van der Waals surface area contributed by atoms with Crippen LogP contribution in [-0.2, 0) is 10.0 Å². The van der Waals surface area contributed by atoms with Crippen LogP contribution in [0.4, 0.5) is 5.82 Å². The number of fused-ring (bicyclic) bond motifs is 1.